The van der Waals surface area contributed by atoms with E-state index in [9.17, 15) is 0 Å². The molecule has 21 heavy (non-hydrogen) atoms. The minimum atomic E-state index is 0.996. The largest absolute Gasteiger partial charge is 0.316 e. The summed E-state index contributed by atoms with van der Waals surface area (Å²) in [6.45, 7) is 4.61. The van der Waals surface area contributed by atoms with Crippen molar-refractivity contribution in [3.8, 4) is 0 Å². The Balaban J connectivity index is 1.26. The van der Waals surface area contributed by atoms with Crippen LogP contribution < -0.4 is 5.32 Å². The molecule has 0 saturated heterocycles. The molecule has 1 heteroatoms. The van der Waals surface area contributed by atoms with Crippen LogP contribution in [0.4, 0.5) is 0 Å². The predicted molar refractivity (Wildman–Crippen MR) is 88.3 cm³/mol. The fourth-order valence-corrected chi connectivity index (χ4v) is 5.74. The Morgan fingerprint density at radius 3 is 2.38 bits per heavy atom. The highest BCUT2D eigenvalue weighted by Gasteiger charge is 2.47. The van der Waals surface area contributed by atoms with E-state index in [4.69, 9.17) is 0 Å². The van der Waals surface area contributed by atoms with Crippen LogP contribution in [0.25, 0.3) is 0 Å². The Bertz CT molecular complexity index is 464. The molecule has 0 aliphatic heterocycles. The summed E-state index contributed by atoms with van der Waals surface area (Å²) in [5, 5.41) is 3.78. The molecule has 0 atom stereocenters. The maximum absolute atomic E-state index is 3.78. The van der Waals surface area contributed by atoms with Gasteiger partial charge in [0.2, 0.25) is 0 Å². The van der Waals surface area contributed by atoms with E-state index in [-0.39, 0.29) is 0 Å². The molecule has 0 heterocycles. The lowest BCUT2D eigenvalue weighted by molar-refractivity contribution is -0.0353. The zero-order chi connectivity index (χ0) is 14.2. The lowest BCUT2D eigenvalue weighted by atomic mass is 9.52. The van der Waals surface area contributed by atoms with Gasteiger partial charge in [0.25, 0.3) is 0 Å². The Labute approximate surface area is 129 Å². The molecule has 0 amide bonds. The second kappa shape index (κ2) is 5.76. The molecule has 1 aromatic carbocycles. The van der Waals surface area contributed by atoms with Crippen LogP contribution in [-0.2, 0) is 6.42 Å². The van der Waals surface area contributed by atoms with Crippen LogP contribution in [0.3, 0.4) is 0 Å². The summed E-state index contributed by atoms with van der Waals surface area (Å²) in [6, 6.07) is 8.95. The van der Waals surface area contributed by atoms with Crippen molar-refractivity contribution in [2.75, 3.05) is 13.1 Å². The first kappa shape index (κ1) is 13.8. The van der Waals surface area contributed by atoms with Crippen LogP contribution in [0.1, 0.15) is 43.2 Å². The van der Waals surface area contributed by atoms with Gasteiger partial charge >= 0.3 is 0 Å². The third kappa shape index (κ3) is 2.90. The summed E-state index contributed by atoms with van der Waals surface area (Å²) >= 11 is 0. The second-order valence-electron chi connectivity index (χ2n) is 8.04. The average molecular weight is 283 g/mol. The molecule has 0 radical (unpaired) electrons. The molecule has 1 N–H and O–H groups in total. The average Bonchev–Trinajstić information content (AvgIpc) is 2.45. The van der Waals surface area contributed by atoms with Crippen LogP contribution in [0.15, 0.2) is 24.3 Å². The first-order valence-electron chi connectivity index (χ1n) is 9.04. The van der Waals surface area contributed by atoms with Gasteiger partial charge in [-0.15, -0.1) is 0 Å². The highest BCUT2D eigenvalue weighted by molar-refractivity contribution is 5.22. The quantitative estimate of drug-likeness (QED) is 0.799. The van der Waals surface area contributed by atoms with Gasteiger partial charge in [0.15, 0.2) is 0 Å². The normalized spacial score (nSPS) is 37.1. The number of nitrogens with one attached hydrogen (secondary N) is 1. The van der Waals surface area contributed by atoms with Gasteiger partial charge in [-0.3, -0.25) is 0 Å². The minimum absolute atomic E-state index is 0.996. The van der Waals surface area contributed by atoms with Crippen molar-refractivity contribution in [3.05, 3.63) is 35.4 Å². The van der Waals surface area contributed by atoms with E-state index >= 15 is 0 Å². The van der Waals surface area contributed by atoms with Gasteiger partial charge in [-0.25, -0.2) is 0 Å². The van der Waals surface area contributed by atoms with Crippen LogP contribution in [0.5, 0.6) is 0 Å². The molecular weight excluding hydrogens is 254 g/mol. The van der Waals surface area contributed by atoms with E-state index in [0.717, 1.165) is 36.1 Å². The summed E-state index contributed by atoms with van der Waals surface area (Å²) in [5.41, 5.74) is 2.86. The summed E-state index contributed by atoms with van der Waals surface area (Å²) in [5.74, 6) is 5.34. The molecule has 4 fully saturated rings. The van der Waals surface area contributed by atoms with Gasteiger partial charge in [-0.05, 0) is 93.7 Å². The van der Waals surface area contributed by atoms with Crippen molar-refractivity contribution in [2.24, 2.45) is 29.6 Å². The Hall–Kier alpha value is -0.820. The Morgan fingerprint density at radius 1 is 1.00 bits per heavy atom. The van der Waals surface area contributed by atoms with Gasteiger partial charge in [0.05, 0.1) is 0 Å². The highest BCUT2D eigenvalue weighted by Crippen LogP contribution is 2.56. The number of rotatable bonds is 5. The molecule has 0 aromatic heterocycles. The first-order valence-corrected chi connectivity index (χ1v) is 9.04. The van der Waals surface area contributed by atoms with E-state index in [1.54, 1.807) is 32.1 Å². The smallest absolute Gasteiger partial charge is 0.000823 e. The van der Waals surface area contributed by atoms with E-state index < -0.39 is 0 Å². The minimum Gasteiger partial charge on any atom is -0.316 e. The van der Waals surface area contributed by atoms with Gasteiger partial charge in [0.1, 0.15) is 0 Å². The molecular formula is C20H29N. The molecule has 5 rings (SSSR count). The van der Waals surface area contributed by atoms with E-state index in [1.165, 1.54) is 24.1 Å². The fraction of sp³-hybridized carbons (Fsp3) is 0.700. The van der Waals surface area contributed by atoms with Gasteiger partial charge in [-0.2, -0.15) is 0 Å². The topological polar surface area (TPSA) is 12.0 Å². The molecule has 4 bridgehead atoms. The lowest BCUT2D eigenvalue weighted by Crippen LogP contribution is -2.48. The summed E-state index contributed by atoms with van der Waals surface area (Å²) in [4.78, 5) is 0. The number of hydrogen-bond donors (Lipinski definition) is 1. The van der Waals surface area contributed by atoms with Crippen molar-refractivity contribution >= 4 is 0 Å². The standard InChI is InChI=1S/C20H29N/c1-14-3-2-4-15(7-14)5-6-21-13-20-18-9-16-8-17(11-18)12-19(20)10-16/h2-4,7,16-21H,5-6,8-13H2,1H3. The van der Waals surface area contributed by atoms with Crippen LogP contribution >= 0.6 is 0 Å². The molecule has 4 aliphatic rings. The third-order valence-corrected chi connectivity index (χ3v) is 6.47. The number of benzene rings is 1. The van der Waals surface area contributed by atoms with Crippen LogP contribution in [0, 0.1) is 36.5 Å². The first-order chi connectivity index (χ1) is 10.3. The van der Waals surface area contributed by atoms with E-state index in [0.29, 0.717) is 0 Å². The summed E-state index contributed by atoms with van der Waals surface area (Å²) in [6.07, 6.45) is 8.96. The monoisotopic (exact) mass is 283 g/mol. The van der Waals surface area contributed by atoms with Gasteiger partial charge in [0, 0.05) is 0 Å². The lowest BCUT2D eigenvalue weighted by Gasteiger charge is -2.54. The SMILES string of the molecule is Cc1cccc(CCNCC2C3CC4CC(C3)CC2C4)c1. The molecule has 0 unspecified atom stereocenters. The maximum Gasteiger partial charge on any atom is -0.000823 e. The molecule has 1 nitrogen and oxygen atoms in total. The molecule has 1 aromatic rings. The highest BCUT2D eigenvalue weighted by atomic mass is 14.9. The Kier molecular flexibility index (Phi) is 3.79. The molecule has 4 aliphatic carbocycles. The van der Waals surface area contributed by atoms with Crippen molar-refractivity contribution in [1.82, 2.24) is 5.32 Å². The van der Waals surface area contributed by atoms with Crippen molar-refractivity contribution in [1.29, 1.82) is 0 Å². The Morgan fingerprint density at radius 2 is 1.71 bits per heavy atom. The number of aryl methyl sites for hydroxylation is 1. The third-order valence-electron chi connectivity index (χ3n) is 6.47. The van der Waals surface area contributed by atoms with Gasteiger partial charge < -0.3 is 5.32 Å². The molecule has 4 saturated carbocycles. The zero-order valence-electron chi connectivity index (χ0n) is 13.4. The fourth-order valence-electron chi connectivity index (χ4n) is 5.74. The van der Waals surface area contributed by atoms with E-state index in [2.05, 4.69) is 36.5 Å². The van der Waals surface area contributed by atoms with Crippen molar-refractivity contribution < 1.29 is 0 Å². The zero-order valence-corrected chi connectivity index (χ0v) is 13.4. The van der Waals surface area contributed by atoms with E-state index in [1.807, 2.05) is 0 Å². The second-order valence-corrected chi connectivity index (χ2v) is 8.04. The summed E-state index contributed by atoms with van der Waals surface area (Å²) < 4.78 is 0. The maximum atomic E-state index is 3.78. The number of hydrogen-bond acceptors (Lipinski definition) is 1. The molecule has 0 spiro atoms. The van der Waals surface area contributed by atoms with Crippen LogP contribution in [0.2, 0.25) is 0 Å². The molecule has 114 valence electrons. The van der Waals surface area contributed by atoms with Gasteiger partial charge in [-0.1, -0.05) is 29.8 Å². The van der Waals surface area contributed by atoms with Crippen LogP contribution in [-0.4, -0.2) is 13.1 Å². The van der Waals surface area contributed by atoms with Crippen molar-refractivity contribution in [3.63, 3.8) is 0 Å². The van der Waals surface area contributed by atoms with Crippen molar-refractivity contribution in [2.45, 2.75) is 45.4 Å². The summed E-state index contributed by atoms with van der Waals surface area (Å²) in [7, 11) is 0. The predicted octanol–water partition coefficient (Wildman–Crippen LogP) is 4.20.